The van der Waals surface area contributed by atoms with Crippen molar-refractivity contribution in [3.8, 4) is 16.9 Å². The molecule has 2 atom stereocenters. The standard InChI is InChI=1S/C24H29NO4/c1-15(2)25(16(3)4)23(26)21-8-6-5-7-20(21)17-9-11-19(12-10-17)29-14-18-13-22(18)24(27)28/h5-12,15-16,18,22H,13-14H2,1-4H3,(H,27,28)/t18-,22+/m0/s1. The van der Waals surface area contributed by atoms with Crippen LogP contribution in [0.15, 0.2) is 48.5 Å². The van der Waals surface area contributed by atoms with Gasteiger partial charge in [-0.2, -0.15) is 0 Å². The lowest BCUT2D eigenvalue weighted by atomic mass is 9.98. The lowest BCUT2D eigenvalue weighted by Gasteiger charge is -2.31. The molecule has 29 heavy (non-hydrogen) atoms. The minimum absolute atomic E-state index is 0.0272. The third-order valence-electron chi connectivity index (χ3n) is 5.37. The number of carboxylic acid groups (broad SMARTS) is 1. The van der Waals surface area contributed by atoms with Gasteiger partial charge in [-0.25, -0.2) is 0 Å². The van der Waals surface area contributed by atoms with E-state index in [0.717, 1.165) is 11.1 Å². The summed E-state index contributed by atoms with van der Waals surface area (Å²) in [6, 6.07) is 15.5. The van der Waals surface area contributed by atoms with Crippen molar-refractivity contribution in [2.24, 2.45) is 11.8 Å². The number of carboxylic acids is 1. The van der Waals surface area contributed by atoms with Gasteiger partial charge in [0.15, 0.2) is 0 Å². The molecule has 0 saturated heterocycles. The van der Waals surface area contributed by atoms with E-state index in [1.165, 1.54) is 0 Å². The Labute approximate surface area is 172 Å². The third-order valence-corrected chi connectivity index (χ3v) is 5.37. The topological polar surface area (TPSA) is 66.8 Å². The highest BCUT2D eigenvalue weighted by Crippen LogP contribution is 2.39. The second kappa shape index (κ2) is 8.68. The SMILES string of the molecule is CC(C)N(C(=O)c1ccccc1-c1ccc(OC[C@@H]2C[C@H]2C(=O)O)cc1)C(C)C. The maximum Gasteiger partial charge on any atom is 0.306 e. The number of nitrogens with zero attached hydrogens (tertiary/aromatic N) is 1. The van der Waals surface area contributed by atoms with Crippen molar-refractivity contribution in [3.63, 3.8) is 0 Å². The highest BCUT2D eigenvalue weighted by atomic mass is 16.5. The van der Waals surface area contributed by atoms with Crippen LogP contribution in [0.3, 0.4) is 0 Å². The van der Waals surface area contributed by atoms with Crippen molar-refractivity contribution in [3.05, 3.63) is 54.1 Å². The van der Waals surface area contributed by atoms with Gasteiger partial charge in [0.2, 0.25) is 0 Å². The van der Waals surface area contributed by atoms with E-state index < -0.39 is 5.97 Å². The number of hydrogen-bond donors (Lipinski definition) is 1. The smallest absolute Gasteiger partial charge is 0.306 e. The van der Waals surface area contributed by atoms with Crippen LogP contribution in [0.1, 0.15) is 44.5 Å². The van der Waals surface area contributed by atoms with Gasteiger partial charge in [-0.15, -0.1) is 0 Å². The van der Waals surface area contributed by atoms with Gasteiger partial charge >= 0.3 is 5.97 Å². The van der Waals surface area contributed by atoms with Crippen molar-refractivity contribution >= 4 is 11.9 Å². The molecule has 1 saturated carbocycles. The summed E-state index contributed by atoms with van der Waals surface area (Å²) in [5, 5.41) is 8.97. The number of hydrogen-bond acceptors (Lipinski definition) is 3. The fourth-order valence-corrected chi connectivity index (χ4v) is 3.79. The van der Waals surface area contributed by atoms with Crippen molar-refractivity contribution < 1.29 is 19.4 Å². The zero-order valence-electron chi connectivity index (χ0n) is 17.5. The summed E-state index contributed by atoms with van der Waals surface area (Å²) >= 11 is 0. The van der Waals surface area contributed by atoms with E-state index in [1.54, 1.807) is 0 Å². The van der Waals surface area contributed by atoms with Crippen LogP contribution in [-0.2, 0) is 4.79 Å². The number of benzene rings is 2. The Morgan fingerprint density at radius 3 is 2.21 bits per heavy atom. The van der Waals surface area contributed by atoms with Gasteiger partial charge in [-0.3, -0.25) is 9.59 Å². The van der Waals surface area contributed by atoms with E-state index in [1.807, 2.05) is 81.1 Å². The van der Waals surface area contributed by atoms with Crippen LogP contribution < -0.4 is 4.74 Å². The van der Waals surface area contributed by atoms with E-state index in [2.05, 4.69) is 0 Å². The molecule has 1 aliphatic carbocycles. The Bertz CT molecular complexity index is 865. The average Bonchev–Trinajstić information content (AvgIpc) is 3.46. The van der Waals surface area contributed by atoms with Crippen molar-refractivity contribution in [2.45, 2.75) is 46.2 Å². The molecule has 0 radical (unpaired) electrons. The van der Waals surface area contributed by atoms with Gasteiger partial charge in [-0.05, 0) is 63.4 Å². The van der Waals surface area contributed by atoms with Crippen molar-refractivity contribution in [2.75, 3.05) is 6.61 Å². The van der Waals surface area contributed by atoms with E-state index in [4.69, 9.17) is 9.84 Å². The lowest BCUT2D eigenvalue weighted by Crippen LogP contribution is -2.42. The van der Waals surface area contributed by atoms with Gasteiger partial charge in [-0.1, -0.05) is 30.3 Å². The average molecular weight is 395 g/mol. The summed E-state index contributed by atoms with van der Waals surface area (Å²) < 4.78 is 5.74. The molecule has 1 N–H and O–H groups in total. The van der Waals surface area contributed by atoms with E-state index in [-0.39, 0.29) is 29.8 Å². The molecule has 1 aliphatic rings. The van der Waals surface area contributed by atoms with Crippen LogP contribution in [0, 0.1) is 11.8 Å². The number of ether oxygens (including phenoxy) is 1. The molecular formula is C24H29NO4. The van der Waals surface area contributed by atoms with Crippen LogP contribution in [0.2, 0.25) is 0 Å². The first-order valence-electron chi connectivity index (χ1n) is 10.2. The van der Waals surface area contributed by atoms with Gasteiger partial charge in [0.1, 0.15) is 5.75 Å². The van der Waals surface area contributed by atoms with Gasteiger partial charge in [0.05, 0.1) is 12.5 Å². The summed E-state index contributed by atoms with van der Waals surface area (Å²) in [5.41, 5.74) is 2.53. The number of aliphatic carboxylic acids is 1. The molecular weight excluding hydrogens is 366 g/mol. The van der Waals surface area contributed by atoms with Crippen LogP contribution in [0.5, 0.6) is 5.75 Å². The number of rotatable bonds is 8. The first-order chi connectivity index (χ1) is 13.8. The third kappa shape index (κ3) is 4.78. The summed E-state index contributed by atoms with van der Waals surface area (Å²) in [4.78, 5) is 26.0. The molecule has 5 heteroatoms. The maximum atomic E-state index is 13.2. The zero-order chi connectivity index (χ0) is 21.1. The monoisotopic (exact) mass is 395 g/mol. The highest BCUT2D eigenvalue weighted by Gasteiger charge is 2.43. The molecule has 5 nitrogen and oxygen atoms in total. The maximum absolute atomic E-state index is 13.2. The number of carbonyl (C=O) groups is 2. The van der Waals surface area contributed by atoms with Crippen LogP contribution >= 0.6 is 0 Å². The fourth-order valence-electron chi connectivity index (χ4n) is 3.79. The quantitative estimate of drug-likeness (QED) is 0.703. The number of carbonyl (C=O) groups excluding carboxylic acids is 1. The molecule has 0 aliphatic heterocycles. The molecule has 3 rings (SSSR count). The predicted octanol–water partition coefficient (Wildman–Crippen LogP) is 4.71. The predicted molar refractivity (Wildman–Crippen MR) is 113 cm³/mol. The zero-order valence-corrected chi connectivity index (χ0v) is 17.5. The molecule has 154 valence electrons. The summed E-state index contributed by atoms with van der Waals surface area (Å²) in [5.74, 6) is -0.174. The molecule has 2 aromatic rings. The highest BCUT2D eigenvalue weighted by molar-refractivity contribution is 6.01. The molecule has 2 aromatic carbocycles. The first kappa shape index (κ1) is 20.9. The van der Waals surface area contributed by atoms with E-state index >= 15 is 0 Å². The normalized spacial score (nSPS) is 18.0. The largest absolute Gasteiger partial charge is 0.493 e. The van der Waals surface area contributed by atoms with Gasteiger partial charge < -0.3 is 14.7 Å². The van der Waals surface area contributed by atoms with E-state index in [9.17, 15) is 9.59 Å². The number of amides is 1. The second-order valence-electron chi connectivity index (χ2n) is 8.22. The summed E-state index contributed by atoms with van der Waals surface area (Å²) in [6.45, 7) is 8.54. The Kier molecular flexibility index (Phi) is 6.26. The second-order valence-corrected chi connectivity index (χ2v) is 8.22. The Hall–Kier alpha value is -2.82. The van der Waals surface area contributed by atoms with Gasteiger partial charge in [0, 0.05) is 23.6 Å². The Morgan fingerprint density at radius 1 is 1.03 bits per heavy atom. The molecule has 1 fully saturated rings. The van der Waals surface area contributed by atoms with Crippen LogP contribution in [-0.4, -0.2) is 40.6 Å². The van der Waals surface area contributed by atoms with Crippen molar-refractivity contribution in [1.82, 2.24) is 4.90 Å². The molecule has 0 aromatic heterocycles. The minimum Gasteiger partial charge on any atom is -0.493 e. The minimum atomic E-state index is -0.743. The van der Waals surface area contributed by atoms with Crippen LogP contribution in [0.4, 0.5) is 0 Å². The summed E-state index contributed by atoms with van der Waals surface area (Å²) in [7, 11) is 0. The summed E-state index contributed by atoms with van der Waals surface area (Å²) in [6.07, 6.45) is 0.686. The Balaban J connectivity index is 1.76. The lowest BCUT2D eigenvalue weighted by molar-refractivity contribution is -0.138. The fraction of sp³-hybridized carbons (Fsp3) is 0.417. The Morgan fingerprint density at radius 2 is 1.66 bits per heavy atom. The first-order valence-corrected chi connectivity index (χ1v) is 10.2. The molecule has 0 bridgehead atoms. The van der Waals surface area contributed by atoms with Gasteiger partial charge in [0.25, 0.3) is 5.91 Å². The molecule has 0 spiro atoms. The van der Waals surface area contributed by atoms with E-state index in [0.29, 0.717) is 24.3 Å². The van der Waals surface area contributed by atoms with Crippen molar-refractivity contribution in [1.29, 1.82) is 0 Å². The molecule has 0 unspecified atom stereocenters. The molecule has 0 heterocycles. The van der Waals surface area contributed by atoms with Crippen LogP contribution in [0.25, 0.3) is 11.1 Å². The molecule has 1 amide bonds.